The van der Waals surface area contributed by atoms with Crippen LogP contribution in [0.15, 0.2) is 0 Å². The second-order valence-electron chi connectivity index (χ2n) is 4.48. The largest absolute Gasteiger partial charge is 0.329 e. The molecule has 2 heteroatoms. The van der Waals surface area contributed by atoms with Crippen molar-refractivity contribution >= 4 is 0 Å². The van der Waals surface area contributed by atoms with Gasteiger partial charge in [0.05, 0.1) is 0 Å². The van der Waals surface area contributed by atoms with Crippen molar-refractivity contribution in [2.75, 3.05) is 19.6 Å². The topological polar surface area (TPSA) is 29.3 Å². The molecule has 0 saturated carbocycles. The minimum Gasteiger partial charge on any atom is -0.329 e. The first-order valence-electron chi connectivity index (χ1n) is 5.07. The fraction of sp³-hybridized carbons (Fsp3) is 1.00. The Morgan fingerprint density at radius 3 is 2.25 bits per heavy atom. The molecule has 1 fully saturated rings. The highest BCUT2D eigenvalue weighted by Crippen LogP contribution is 2.21. The van der Waals surface area contributed by atoms with E-state index in [9.17, 15) is 0 Å². The zero-order valence-corrected chi connectivity index (χ0v) is 8.59. The van der Waals surface area contributed by atoms with Gasteiger partial charge in [-0.3, -0.25) is 4.90 Å². The highest BCUT2D eigenvalue weighted by Gasteiger charge is 2.24. The SMILES string of the molecule is C[C@@H]1C[C@H](C)CN([C@H](C)CN)C1. The van der Waals surface area contributed by atoms with Gasteiger partial charge in [0.15, 0.2) is 0 Å². The van der Waals surface area contributed by atoms with Crippen LogP contribution in [0.3, 0.4) is 0 Å². The number of nitrogens with zero attached hydrogens (tertiary/aromatic N) is 1. The van der Waals surface area contributed by atoms with E-state index in [0.29, 0.717) is 6.04 Å². The van der Waals surface area contributed by atoms with Crippen LogP contribution in [0.4, 0.5) is 0 Å². The second kappa shape index (κ2) is 4.24. The van der Waals surface area contributed by atoms with Gasteiger partial charge in [-0.15, -0.1) is 0 Å². The van der Waals surface area contributed by atoms with Gasteiger partial charge in [0.1, 0.15) is 0 Å². The van der Waals surface area contributed by atoms with Crippen molar-refractivity contribution in [2.24, 2.45) is 17.6 Å². The summed E-state index contributed by atoms with van der Waals surface area (Å²) in [6, 6.07) is 0.565. The van der Waals surface area contributed by atoms with Gasteiger partial charge >= 0.3 is 0 Å². The summed E-state index contributed by atoms with van der Waals surface area (Å²) in [5.74, 6) is 1.70. The van der Waals surface area contributed by atoms with Gasteiger partial charge in [-0.25, -0.2) is 0 Å². The lowest BCUT2D eigenvalue weighted by Gasteiger charge is -2.38. The molecule has 3 atom stereocenters. The van der Waals surface area contributed by atoms with Crippen molar-refractivity contribution in [2.45, 2.75) is 33.2 Å². The van der Waals surface area contributed by atoms with Gasteiger partial charge < -0.3 is 5.73 Å². The van der Waals surface area contributed by atoms with Crippen LogP contribution in [0.1, 0.15) is 27.2 Å². The highest BCUT2D eigenvalue weighted by atomic mass is 15.2. The van der Waals surface area contributed by atoms with Crippen LogP contribution in [0, 0.1) is 11.8 Å². The summed E-state index contributed by atoms with van der Waals surface area (Å²) in [7, 11) is 0. The van der Waals surface area contributed by atoms with Crippen molar-refractivity contribution in [1.82, 2.24) is 4.90 Å². The fourth-order valence-corrected chi connectivity index (χ4v) is 2.22. The third-order valence-electron chi connectivity index (χ3n) is 2.86. The summed E-state index contributed by atoms with van der Waals surface area (Å²) in [4.78, 5) is 2.53. The van der Waals surface area contributed by atoms with Crippen LogP contribution in [0.2, 0.25) is 0 Å². The smallest absolute Gasteiger partial charge is 0.0190 e. The van der Waals surface area contributed by atoms with Gasteiger partial charge in [-0.05, 0) is 25.2 Å². The van der Waals surface area contributed by atoms with E-state index in [4.69, 9.17) is 5.73 Å². The molecule has 0 aliphatic carbocycles. The Balaban J connectivity index is 2.43. The van der Waals surface area contributed by atoms with Crippen molar-refractivity contribution < 1.29 is 0 Å². The molecule has 1 heterocycles. The lowest BCUT2D eigenvalue weighted by Crippen LogP contribution is -2.46. The van der Waals surface area contributed by atoms with Gasteiger partial charge in [-0.2, -0.15) is 0 Å². The number of rotatable bonds is 2. The van der Waals surface area contributed by atoms with Crippen molar-refractivity contribution in [3.63, 3.8) is 0 Å². The highest BCUT2D eigenvalue weighted by molar-refractivity contribution is 4.78. The standard InChI is InChI=1S/C10H22N2/c1-8-4-9(2)7-12(6-8)10(3)5-11/h8-10H,4-7,11H2,1-3H3/t8-,9+,10-/m1/s1. The summed E-state index contributed by atoms with van der Waals surface area (Å²) in [5, 5.41) is 0. The summed E-state index contributed by atoms with van der Waals surface area (Å²) in [6.07, 6.45) is 1.38. The summed E-state index contributed by atoms with van der Waals surface area (Å²) >= 11 is 0. The molecular weight excluding hydrogens is 148 g/mol. The van der Waals surface area contributed by atoms with Crippen LogP contribution < -0.4 is 5.73 Å². The summed E-state index contributed by atoms with van der Waals surface area (Å²) in [6.45, 7) is 10.2. The quantitative estimate of drug-likeness (QED) is 0.677. The number of likely N-dealkylation sites (tertiary alicyclic amines) is 1. The molecule has 12 heavy (non-hydrogen) atoms. The Hall–Kier alpha value is -0.0800. The van der Waals surface area contributed by atoms with Crippen LogP contribution >= 0.6 is 0 Å². The van der Waals surface area contributed by atoms with Crippen molar-refractivity contribution in [3.8, 4) is 0 Å². The Morgan fingerprint density at radius 1 is 1.33 bits per heavy atom. The maximum absolute atomic E-state index is 5.65. The van der Waals surface area contributed by atoms with E-state index in [1.807, 2.05) is 0 Å². The Labute approximate surface area is 76.1 Å². The van der Waals surface area contributed by atoms with E-state index in [0.717, 1.165) is 18.4 Å². The van der Waals surface area contributed by atoms with E-state index in [1.165, 1.54) is 19.5 Å². The number of nitrogens with two attached hydrogens (primary N) is 1. The molecule has 0 unspecified atom stereocenters. The molecular formula is C10H22N2. The lowest BCUT2D eigenvalue weighted by molar-refractivity contribution is 0.106. The lowest BCUT2D eigenvalue weighted by atomic mass is 9.91. The van der Waals surface area contributed by atoms with Gasteiger partial charge in [0.2, 0.25) is 0 Å². The van der Waals surface area contributed by atoms with Crippen LogP contribution in [0.5, 0.6) is 0 Å². The van der Waals surface area contributed by atoms with E-state index in [1.54, 1.807) is 0 Å². The molecule has 2 nitrogen and oxygen atoms in total. The van der Waals surface area contributed by atoms with E-state index < -0.39 is 0 Å². The average Bonchev–Trinajstić information content (AvgIpc) is 2.01. The van der Waals surface area contributed by atoms with Crippen molar-refractivity contribution in [3.05, 3.63) is 0 Å². The average molecular weight is 170 g/mol. The predicted octanol–water partition coefficient (Wildman–Crippen LogP) is 1.31. The number of hydrogen-bond acceptors (Lipinski definition) is 2. The molecule has 1 saturated heterocycles. The number of piperidine rings is 1. The molecule has 0 bridgehead atoms. The molecule has 1 aliphatic rings. The first kappa shape index (κ1) is 10.0. The zero-order chi connectivity index (χ0) is 9.14. The predicted molar refractivity (Wildman–Crippen MR) is 53.0 cm³/mol. The molecule has 0 amide bonds. The van der Waals surface area contributed by atoms with Crippen LogP contribution in [0.25, 0.3) is 0 Å². The van der Waals surface area contributed by atoms with E-state index in [-0.39, 0.29) is 0 Å². The monoisotopic (exact) mass is 170 g/mol. The summed E-state index contributed by atoms with van der Waals surface area (Å²) in [5.41, 5.74) is 5.65. The third kappa shape index (κ3) is 2.46. The zero-order valence-electron chi connectivity index (χ0n) is 8.59. The van der Waals surface area contributed by atoms with Crippen molar-refractivity contribution in [1.29, 1.82) is 0 Å². The molecule has 0 radical (unpaired) electrons. The molecule has 72 valence electrons. The molecule has 1 aliphatic heterocycles. The maximum atomic E-state index is 5.65. The minimum atomic E-state index is 0.565. The fourth-order valence-electron chi connectivity index (χ4n) is 2.22. The Kier molecular flexibility index (Phi) is 3.53. The van der Waals surface area contributed by atoms with Gasteiger partial charge in [0, 0.05) is 25.7 Å². The minimum absolute atomic E-state index is 0.565. The van der Waals surface area contributed by atoms with Gasteiger partial charge in [0.25, 0.3) is 0 Å². The Bertz CT molecular complexity index is 126. The summed E-state index contributed by atoms with van der Waals surface area (Å²) < 4.78 is 0. The third-order valence-corrected chi connectivity index (χ3v) is 2.86. The maximum Gasteiger partial charge on any atom is 0.0190 e. The molecule has 0 aromatic carbocycles. The normalized spacial score (nSPS) is 35.0. The molecule has 0 aromatic heterocycles. The van der Waals surface area contributed by atoms with E-state index >= 15 is 0 Å². The number of hydrogen-bond donors (Lipinski definition) is 1. The first-order valence-corrected chi connectivity index (χ1v) is 5.07. The van der Waals surface area contributed by atoms with Crippen LogP contribution in [-0.4, -0.2) is 30.6 Å². The molecule has 0 aromatic rings. The Morgan fingerprint density at radius 2 is 1.83 bits per heavy atom. The molecule has 1 rings (SSSR count). The second-order valence-corrected chi connectivity index (χ2v) is 4.48. The molecule has 0 spiro atoms. The van der Waals surface area contributed by atoms with E-state index in [2.05, 4.69) is 25.7 Å². The first-order chi connectivity index (χ1) is 5.63. The van der Waals surface area contributed by atoms with Crippen LogP contribution in [-0.2, 0) is 0 Å². The molecule has 2 N–H and O–H groups in total. The van der Waals surface area contributed by atoms with Gasteiger partial charge in [-0.1, -0.05) is 13.8 Å².